The number of carboxylic acid groups (broad SMARTS) is 1. The van der Waals surface area contributed by atoms with Gasteiger partial charge in [0.15, 0.2) is 0 Å². The van der Waals surface area contributed by atoms with E-state index in [9.17, 15) is 14.7 Å². The lowest BCUT2D eigenvalue weighted by molar-refractivity contribution is -0.147. The van der Waals surface area contributed by atoms with Gasteiger partial charge >= 0.3 is 5.97 Å². The molecule has 2 aliphatic rings. The summed E-state index contributed by atoms with van der Waals surface area (Å²) < 4.78 is 11.1. The highest BCUT2D eigenvalue weighted by Crippen LogP contribution is 2.44. The van der Waals surface area contributed by atoms with Gasteiger partial charge in [0, 0.05) is 0 Å². The summed E-state index contributed by atoms with van der Waals surface area (Å²) in [6.07, 6.45) is 0.798. The number of carbonyl (C=O) groups excluding carboxylic acids is 1. The molecule has 6 heteroatoms. The Morgan fingerprint density at radius 2 is 1.95 bits per heavy atom. The largest absolute Gasteiger partial charge is 0.492 e. The summed E-state index contributed by atoms with van der Waals surface area (Å²) in [6, 6.07) is 7.13. The number of carboxylic acids is 1. The number of amides is 1. The smallest absolute Gasteiger partial charge is 0.310 e. The molecule has 2 heterocycles. The van der Waals surface area contributed by atoms with Crippen LogP contribution in [0.3, 0.4) is 0 Å². The molecule has 3 rings (SSSR count). The van der Waals surface area contributed by atoms with E-state index in [-0.39, 0.29) is 18.1 Å². The lowest BCUT2D eigenvalue weighted by atomic mass is 9.78. The van der Waals surface area contributed by atoms with Crippen molar-refractivity contribution in [1.29, 1.82) is 0 Å². The van der Waals surface area contributed by atoms with Crippen LogP contribution < -0.4 is 10.1 Å². The van der Waals surface area contributed by atoms with E-state index < -0.39 is 17.8 Å². The Hall–Kier alpha value is -2.08. The predicted octanol–water partition coefficient (Wildman–Crippen LogP) is 1.90. The van der Waals surface area contributed by atoms with E-state index >= 15 is 0 Å². The van der Waals surface area contributed by atoms with E-state index in [0.29, 0.717) is 24.5 Å². The first kappa shape index (κ1) is 14.8. The van der Waals surface area contributed by atoms with Crippen LogP contribution in [0.2, 0.25) is 0 Å². The number of rotatable bonds is 5. The molecule has 1 aromatic carbocycles. The van der Waals surface area contributed by atoms with Crippen LogP contribution in [0.4, 0.5) is 5.69 Å². The molecule has 0 aliphatic carbocycles. The molecule has 2 aliphatic heterocycles. The van der Waals surface area contributed by atoms with E-state index in [4.69, 9.17) is 9.47 Å². The van der Waals surface area contributed by atoms with Gasteiger partial charge in [-0.25, -0.2) is 0 Å². The van der Waals surface area contributed by atoms with Gasteiger partial charge in [0.2, 0.25) is 5.91 Å². The Morgan fingerprint density at radius 3 is 2.64 bits per heavy atom. The molecule has 0 radical (unpaired) electrons. The standard InChI is InChI=1S/C16H19NO5/c1-2-21-10-6-4-3-5-9(10)17-15(18)13-11-7-8-12(22-11)14(13)16(19)20/h3-6,11-14H,2,7-8H2,1H3,(H,17,18)(H,19,20)/t11-,12-,13+,14+/m1/s1. The van der Waals surface area contributed by atoms with E-state index in [1.54, 1.807) is 18.2 Å². The number of anilines is 1. The lowest BCUT2D eigenvalue weighted by Gasteiger charge is -2.24. The minimum atomic E-state index is -0.967. The average Bonchev–Trinajstić information content (AvgIpc) is 3.10. The van der Waals surface area contributed by atoms with Gasteiger partial charge in [0.05, 0.1) is 36.3 Å². The van der Waals surface area contributed by atoms with Crippen molar-refractivity contribution in [1.82, 2.24) is 0 Å². The number of hydrogen-bond donors (Lipinski definition) is 2. The first-order valence-electron chi connectivity index (χ1n) is 7.52. The molecule has 0 saturated carbocycles. The summed E-state index contributed by atoms with van der Waals surface area (Å²) in [6.45, 7) is 2.35. The summed E-state index contributed by atoms with van der Waals surface area (Å²) in [5, 5.41) is 12.2. The molecule has 6 nitrogen and oxygen atoms in total. The monoisotopic (exact) mass is 305 g/mol. The highest BCUT2D eigenvalue weighted by molar-refractivity contribution is 5.97. The number of para-hydroxylation sites is 2. The molecule has 0 aromatic heterocycles. The van der Waals surface area contributed by atoms with Gasteiger partial charge in [-0.2, -0.15) is 0 Å². The normalized spacial score (nSPS) is 29.3. The Morgan fingerprint density at radius 1 is 1.27 bits per heavy atom. The molecule has 22 heavy (non-hydrogen) atoms. The Kier molecular flexibility index (Phi) is 4.02. The molecule has 1 amide bonds. The second-order valence-corrected chi connectivity index (χ2v) is 5.60. The lowest BCUT2D eigenvalue weighted by Crippen LogP contribution is -2.41. The Balaban J connectivity index is 1.78. The average molecular weight is 305 g/mol. The Labute approximate surface area is 128 Å². The topological polar surface area (TPSA) is 84.9 Å². The summed E-state index contributed by atoms with van der Waals surface area (Å²) in [5.74, 6) is -2.12. The molecular formula is C16H19NO5. The SMILES string of the molecule is CCOc1ccccc1NC(=O)[C@@H]1[C@@H](C(=O)O)[C@H]2CC[C@H]1O2. The van der Waals surface area contributed by atoms with Gasteiger partial charge in [0.1, 0.15) is 5.75 Å². The second-order valence-electron chi connectivity index (χ2n) is 5.60. The summed E-state index contributed by atoms with van der Waals surface area (Å²) in [4.78, 5) is 24.0. The molecule has 118 valence electrons. The van der Waals surface area contributed by atoms with Crippen molar-refractivity contribution in [3.8, 4) is 5.75 Å². The van der Waals surface area contributed by atoms with Crippen LogP contribution in [0.1, 0.15) is 19.8 Å². The number of hydrogen-bond acceptors (Lipinski definition) is 4. The molecule has 1 aromatic rings. The van der Waals surface area contributed by atoms with Crippen LogP contribution in [0.15, 0.2) is 24.3 Å². The van der Waals surface area contributed by atoms with E-state index in [1.165, 1.54) is 0 Å². The van der Waals surface area contributed by atoms with E-state index in [0.717, 1.165) is 6.42 Å². The van der Waals surface area contributed by atoms with Crippen molar-refractivity contribution >= 4 is 17.6 Å². The van der Waals surface area contributed by atoms with E-state index in [2.05, 4.69) is 5.32 Å². The number of fused-ring (bicyclic) bond motifs is 2. The minimum absolute atomic E-state index is 0.301. The van der Waals surface area contributed by atoms with Gasteiger partial charge < -0.3 is 19.9 Å². The van der Waals surface area contributed by atoms with E-state index in [1.807, 2.05) is 13.0 Å². The summed E-state index contributed by atoms with van der Waals surface area (Å²) >= 11 is 0. The van der Waals surface area contributed by atoms with Gasteiger partial charge in [-0.05, 0) is 31.9 Å². The third-order valence-corrected chi connectivity index (χ3v) is 4.31. The maximum atomic E-state index is 12.6. The molecular weight excluding hydrogens is 286 g/mol. The van der Waals surface area contributed by atoms with Crippen molar-refractivity contribution in [3.63, 3.8) is 0 Å². The highest BCUT2D eigenvalue weighted by atomic mass is 16.5. The molecule has 4 atom stereocenters. The maximum absolute atomic E-state index is 12.6. The quantitative estimate of drug-likeness (QED) is 0.868. The van der Waals surface area contributed by atoms with Gasteiger partial charge in [0.25, 0.3) is 0 Å². The van der Waals surface area contributed by atoms with Gasteiger partial charge in [-0.15, -0.1) is 0 Å². The molecule has 2 N–H and O–H groups in total. The molecule has 2 fully saturated rings. The molecule has 0 spiro atoms. The first-order valence-corrected chi connectivity index (χ1v) is 7.52. The third kappa shape index (κ3) is 2.54. The zero-order valence-corrected chi connectivity index (χ0v) is 12.3. The number of aliphatic carboxylic acids is 1. The zero-order valence-electron chi connectivity index (χ0n) is 12.3. The first-order chi connectivity index (χ1) is 10.6. The number of ether oxygens (including phenoxy) is 2. The van der Waals surface area contributed by atoms with Gasteiger partial charge in [-0.3, -0.25) is 9.59 Å². The number of carbonyl (C=O) groups is 2. The van der Waals surface area contributed by atoms with Crippen LogP contribution in [-0.2, 0) is 14.3 Å². The highest BCUT2D eigenvalue weighted by Gasteiger charge is 2.55. The summed E-state index contributed by atoms with van der Waals surface area (Å²) in [5.41, 5.74) is 0.557. The summed E-state index contributed by atoms with van der Waals surface area (Å²) in [7, 11) is 0. The van der Waals surface area contributed by atoms with Crippen LogP contribution in [0.25, 0.3) is 0 Å². The van der Waals surface area contributed by atoms with Crippen molar-refractivity contribution < 1.29 is 24.2 Å². The molecule has 2 saturated heterocycles. The second kappa shape index (κ2) is 5.96. The van der Waals surface area contributed by atoms with Crippen molar-refractivity contribution in [2.24, 2.45) is 11.8 Å². The maximum Gasteiger partial charge on any atom is 0.310 e. The van der Waals surface area contributed by atoms with Gasteiger partial charge in [-0.1, -0.05) is 12.1 Å². The van der Waals surface area contributed by atoms with Crippen LogP contribution in [0.5, 0.6) is 5.75 Å². The number of benzene rings is 1. The molecule has 2 bridgehead atoms. The fourth-order valence-corrected chi connectivity index (χ4v) is 3.39. The third-order valence-electron chi connectivity index (χ3n) is 4.31. The van der Waals surface area contributed by atoms with Crippen LogP contribution >= 0.6 is 0 Å². The zero-order chi connectivity index (χ0) is 15.7. The van der Waals surface area contributed by atoms with Crippen molar-refractivity contribution in [3.05, 3.63) is 24.3 Å². The van der Waals surface area contributed by atoms with Crippen LogP contribution in [-0.4, -0.2) is 35.8 Å². The molecule has 0 unspecified atom stereocenters. The van der Waals surface area contributed by atoms with Crippen molar-refractivity contribution in [2.75, 3.05) is 11.9 Å². The van der Waals surface area contributed by atoms with Crippen LogP contribution in [0, 0.1) is 11.8 Å². The Bertz CT molecular complexity index is 588. The van der Waals surface area contributed by atoms with Crippen molar-refractivity contribution in [2.45, 2.75) is 32.0 Å². The fourth-order valence-electron chi connectivity index (χ4n) is 3.39. The minimum Gasteiger partial charge on any atom is -0.492 e. The predicted molar refractivity (Wildman–Crippen MR) is 78.8 cm³/mol. The number of nitrogens with one attached hydrogen (secondary N) is 1. The fraction of sp³-hybridized carbons (Fsp3) is 0.500.